The summed E-state index contributed by atoms with van der Waals surface area (Å²) in [6.07, 6.45) is 1.84. The third-order valence-electron chi connectivity index (χ3n) is 1.98. The first-order valence-electron chi connectivity index (χ1n) is 4.58. The maximum absolute atomic E-state index is 11.5. The minimum atomic E-state index is -0.244. The standard InChI is InChI=1S/C9H15N3O2S/c1-12-3-4-15-9(12)11-8(13)5-7(6-10)14-2/h3-4,7H,5-6,10H2,1-2H3. The molecule has 0 fully saturated rings. The molecule has 0 saturated heterocycles. The molecule has 0 radical (unpaired) electrons. The van der Waals surface area contributed by atoms with Crippen LogP contribution in [0.2, 0.25) is 0 Å². The molecule has 2 N–H and O–H groups in total. The summed E-state index contributed by atoms with van der Waals surface area (Å²) < 4.78 is 6.81. The molecule has 1 amide bonds. The fraction of sp³-hybridized carbons (Fsp3) is 0.556. The van der Waals surface area contributed by atoms with E-state index >= 15 is 0 Å². The van der Waals surface area contributed by atoms with Gasteiger partial charge < -0.3 is 15.0 Å². The summed E-state index contributed by atoms with van der Waals surface area (Å²) in [4.78, 5) is 16.1. The van der Waals surface area contributed by atoms with Crippen LogP contribution >= 0.6 is 11.3 Å². The van der Waals surface area contributed by atoms with Gasteiger partial charge in [0.1, 0.15) is 0 Å². The molecule has 0 bridgehead atoms. The number of carbonyl (C=O) groups excluding carboxylic acids is 1. The fourth-order valence-corrected chi connectivity index (χ4v) is 1.79. The van der Waals surface area contributed by atoms with E-state index in [0.717, 1.165) is 0 Å². The quantitative estimate of drug-likeness (QED) is 0.782. The number of carbonyl (C=O) groups is 1. The van der Waals surface area contributed by atoms with Crippen LogP contribution in [0.4, 0.5) is 0 Å². The predicted molar refractivity (Wildman–Crippen MR) is 58.3 cm³/mol. The molecular weight excluding hydrogens is 214 g/mol. The molecule has 1 rings (SSSR count). The maximum Gasteiger partial charge on any atom is 0.250 e. The van der Waals surface area contributed by atoms with Crippen LogP contribution in [0.5, 0.6) is 0 Å². The third kappa shape index (κ3) is 3.58. The van der Waals surface area contributed by atoms with Crippen molar-refractivity contribution in [1.82, 2.24) is 4.57 Å². The Labute approximate surface area is 92.2 Å². The summed E-state index contributed by atoms with van der Waals surface area (Å²) in [6, 6.07) is 0. The van der Waals surface area contributed by atoms with Crippen molar-refractivity contribution in [3.8, 4) is 0 Å². The maximum atomic E-state index is 11.5. The number of aryl methyl sites for hydroxylation is 1. The SMILES string of the molecule is COC(CN)CC(=O)N=c1sccn1C. The Morgan fingerprint density at radius 1 is 1.80 bits per heavy atom. The fourth-order valence-electron chi connectivity index (χ4n) is 1.04. The van der Waals surface area contributed by atoms with Gasteiger partial charge in [-0.15, -0.1) is 11.3 Å². The largest absolute Gasteiger partial charge is 0.380 e. The Morgan fingerprint density at radius 3 is 3.00 bits per heavy atom. The first-order valence-corrected chi connectivity index (χ1v) is 5.46. The minimum absolute atomic E-state index is 0.203. The highest BCUT2D eigenvalue weighted by Crippen LogP contribution is 1.97. The van der Waals surface area contributed by atoms with E-state index in [9.17, 15) is 4.79 Å². The second-order valence-corrected chi connectivity index (χ2v) is 3.97. The predicted octanol–water partition coefficient (Wildman–Crippen LogP) is -0.122. The zero-order chi connectivity index (χ0) is 11.3. The van der Waals surface area contributed by atoms with Crippen molar-refractivity contribution in [2.75, 3.05) is 13.7 Å². The van der Waals surface area contributed by atoms with E-state index in [0.29, 0.717) is 11.3 Å². The Balaban J connectivity index is 2.68. The average molecular weight is 229 g/mol. The van der Waals surface area contributed by atoms with Gasteiger partial charge in [0.25, 0.3) is 5.91 Å². The highest BCUT2D eigenvalue weighted by atomic mass is 32.1. The second kappa shape index (κ2) is 5.79. The molecule has 0 spiro atoms. The van der Waals surface area contributed by atoms with E-state index in [-0.39, 0.29) is 18.4 Å². The molecule has 1 aromatic rings. The number of aromatic nitrogens is 1. The molecule has 5 nitrogen and oxygen atoms in total. The lowest BCUT2D eigenvalue weighted by Gasteiger charge is -2.08. The van der Waals surface area contributed by atoms with Crippen molar-refractivity contribution in [2.45, 2.75) is 12.5 Å². The molecular formula is C9H15N3O2S. The summed E-state index contributed by atoms with van der Waals surface area (Å²) in [7, 11) is 3.38. The molecule has 1 atom stereocenters. The molecule has 15 heavy (non-hydrogen) atoms. The molecule has 6 heteroatoms. The number of rotatable bonds is 4. The summed E-state index contributed by atoms with van der Waals surface area (Å²) in [5, 5.41) is 1.88. The average Bonchev–Trinajstić information content (AvgIpc) is 2.61. The van der Waals surface area contributed by atoms with Gasteiger partial charge in [-0.1, -0.05) is 0 Å². The molecule has 1 aromatic heterocycles. The summed E-state index contributed by atoms with van der Waals surface area (Å²) in [5.74, 6) is -0.203. The zero-order valence-corrected chi connectivity index (χ0v) is 9.66. The van der Waals surface area contributed by atoms with Crippen LogP contribution in [0.1, 0.15) is 6.42 Å². The van der Waals surface area contributed by atoms with Gasteiger partial charge in [-0.2, -0.15) is 4.99 Å². The molecule has 0 aliphatic carbocycles. The zero-order valence-electron chi connectivity index (χ0n) is 8.84. The number of nitrogens with zero attached hydrogens (tertiary/aromatic N) is 2. The normalized spacial score (nSPS) is 14.2. The first kappa shape index (κ1) is 12.1. The van der Waals surface area contributed by atoms with Crippen LogP contribution in [0, 0.1) is 0 Å². The lowest BCUT2D eigenvalue weighted by Crippen LogP contribution is -2.25. The number of nitrogens with two attached hydrogens (primary N) is 1. The van der Waals surface area contributed by atoms with Gasteiger partial charge in [-0.25, -0.2) is 0 Å². The number of thiazole rings is 1. The number of ether oxygens (including phenoxy) is 1. The Hall–Kier alpha value is -0.980. The van der Waals surface area contributed by atoms with Crippen LogP contribution in [0.25, 0.3) is 0 Å². The molecule has 1 unspecified atom stereocenters. The van der Waals surface area contributed by atoms with Gasteiger partial charge >= 0.3 is 0 Å². The lowest BCUT2D eigenvalue weighted by molar-refractivity contribution is -0.120. The Bertz CT molecular complexity index is 379. The van der Waals surface area contributed by atoms with Crippen molar-refractivity contribution < 1.29 is 9.53 Å². The topological polar surface area (TPSA) is 69.6 Å². The van der Waals surface area contributed by atoms with Crippen molar-refractivity contribution in [3.63, 3.8) is 0 Å². The van der Waals surface area contributed by atoms with Gasteiger partial charge in [0.15, 0.2) is 4.80 Å². The van der Waals surface area contributed by atoms with E-state index in [1.54, 1.807) is 4.57 Å². The van der Waals surface area contributed by atoms with Crippen molar-refractivity contribution in [2.24, 2.45) is 17.8 Å². The Morgan fingerprint density at radius 2 is 2.53 bits per heavy atom. The molecule has 0 aliphatic rings. The van der Waals surface area contributed by atoms with Gasteiger partial charge in [0, 0.05) is 32.3 Å². The van der Waals surface area contributed by atoms with E-state index in [2.05, 4.69) is 4.99 Å². The van der Waals surface area contributed by atoms with Crippen molar-refractivity contribution in [1.29, 1.82) is 0 Å². The van der Waals surface area contributed by atoms with Crippen LogP contribution in [-0.4, -0.2) is 30.2 Å². The van der Waals surface area contributed by atoms with E-state index in [4.69, 9.17) is 10.5 Å². The lowest BCUT2D eigenvalue weighted by atomic mass is 10.2. The smallest absolute Gasteiger partial charge is 0.250 e. The molecule has 84 valence electrons. The minimum Gasteiger partial charge on any atom is -0.380 e. The first-order chi connectivity index (χ1) is 7.17. The molecule has 0 saturated carbocycles. The third-order valence-corrected chi connectivity index (χ3v) is 2.83. The molecule has 0 aliphatic heterocycles. The highest BCUT2D eigenvalue weighted by molar-refractivity contribution is 7.07. The van der Waals surface area contributed by atoms with Crippen LogP contribution in [-0.2, 0) is 16.6 Å². The second-order valence-electron chi connectivity index (χ2n) is 3.10. The summed E-state index contributed by atoms with van der Waals surface area (Å²) in [5.41, 5.74) is 5.41. The Kier molecular flexibility index (Phi) is 4.67. The van der Waals surface area contributed by atoms with Gasteiger partial charge in [-0.3, -0.25) is 4.79 Å². The number of hydrogen-bond donors (Lipinski definition) is 1. The monoisotopic (exact) mass is 229 g/mol. The van der Waals surface area contributed by atoms with E-state index in [1.807, 2.05) is 18.6 Å². The van der Waals surface area contributed by atoms with Crippen LogP contribution < -0.4 is 10.5 Å². The van der Waals surface area contributed by atoms with Gasteiger partial charge in [0.2, 0.25) is 0 Å². The van der Waals surface area contributed by atoms with Crippen LogP contribution in [0.15, 0.2) is 16.6 Å². The van der Waals surface area contributed by atoms with Gasteiger partial charge in [0.05, 0.1) is 12.5 Å². The van der Waals surface area contributed by atoms with Crippen LogP contribution in [0.3, 0.4) is 0 Å². The highest BCUT2D eigenvalue weighted by Gasteiger charge is 2.10. The summed E-state index contributed by atoms with van der Waals surface area (Å²) in [6.45, 7) is 0.328. The van der Waals surface area contributed by atoms with Gasteiger partial charge in [-0.05, 0) is 0 Å². The summed E-state index contributed by atoms with van der Waals surface area (Å²) >= 11 is 1.42. The van der Waals surface area contributed by atoms with E-state index in [1.165, 1.54) is 18.4 Å². The number of hydrogen-bond acceptors (Lipinski definition) is 4. The molecule has 1 heterocycles. The number of methoxy groups -OCH3 is 1. The molecule has 0 aromatic carbocycles. The van der Waals surface area contributed by atoms with Crippen molar-refractivity contribution >= 4 is 17.2 Å². The van der Waals surface area contributed by atoms with Crippen molar-refractivity contribution in [3.05, 3.63) is 16.4 Å². The number of amides is 1. The van der Waals surface area contributed by atoms with E-state index < -0.39 is 0 Å².